The number of fused-ring (bicyclic) bond motifs is 5. The molecule has 0 aromatic carbocycles. The van der Waals surface area contributed by atoms with E-state index in [4.69, 9.17) is 14.2 Å². The molecule has 0 bridgehead atoms. The number of carbonyl (C=O) groups is 1. The van der Waals surface area contributed by atoms with Gasteiger partial charge in [-0.1, -0.05) is 20.8 Å². The second-order valence-electron chi connectivity index (χ2n) is 13.3. The van der Waals surface area contributed by atoms with Gasteiger partial charge in [0, 0.05) is 13.0 Å². The first-order chi connectivity index (χ1) is 16.3. The lowest BCUT2D eigenvalue weighted by Gasteiger charge is -2.61. The molecule has 4 heteroatoms. The van der Waals surface area contributed by atoms with Crippen molar-refractivity contribution >= 4 is 5.97 Å². The van der Waals surface area contributed by atoms with E-state index < -0.39 is 0 Å². The second-order valence-corrected chi connectivity index (χ2v) is 13.3. The standard InChI is InChI=1S/C30H50O4/c1-20(8-13-27(31)32-4)24-11-12-25-23-10-9-21-19-22(34-28-7-5-6-18-33-28)14-16-29(21,2)26(23)15-17-30(24,25)3/h20-26,28H,5-19H2,1-4H3/t20-,21?,22-,23+,24-,25+,26+,28?,29+,30-/m1/s1. The Kier molecular flexibility index (Phi) is 7.40. The summed E-state index contributed by atoms with van der Waals surface area (Å²) < 4.78 is 17.3. The molecule has 0 N–H and O–H groups in total. The minimum absolute atomic E-state index is 0.0452. The highest BCUT2D eigenvalue weighted by molar-refractivity contribution is 5.69. The van der Waals surface area contributed by atoms with Crippen LogP contribution in [0.5, 0.6) is 0 Å². The van der Waals surface area contributed by atoms with Crippen LogP contribution in [0.4, 0.5) is 0 Å². The number of esters is 1. The monoisotopic (exact) mass is 474 g/mol. The van der Waals surface area contributed by atoms with Crippen molar-refractivity contribution in [2.24, 2.45) is 46.3 Å². The van der Waals surface area contributed by atoms with Crippen molar-refractivity contribution < 1.29 is 19.0 Å². The summed E-state index contributed by atoms with van der Waals surface area (Å²) in [5.74, 6) is 4.88. The van der Waals surface area contributed by atoms with Crippen LogP contribution in [0.25, 0.3) is 0 Å². The average Bonchev–Trinajstić information content (AvgIpc) is 3.20. The Bertz CT molecular complexity index is 717. The molecule has 4 saturated carbocycles. The van der Waals surface area contributed by atoms with Gasteiger partial charge in [-0.15, -0.1) is 0 Å². The first-order valence-electron chi connectivity index (χ1n) is 14.7. The van der Waals surface area contributed by atoms with Crippen LogP contribution in [0, 0.1) is 46.3 Å². The predicted molar refractivity (Wildman–Crippen MR) is 134 cm³/mol. The fourth-order valence-electron chi connectivity index (χ4n) is 10.00. The van der Waals surface area contributed by atoms with E-state index in [1.165, 1.54) is 77.7 Å². The molecule has 194 valence electrons. The van der Waals surface area contributed by atoms with Crippen molar-refractivity contribution in [2.75, 3.05) is 13.7 Å². The van der Waals surface area contributed by atoms with Crippen LogP contribution in [-0.2, 0) is 19.0 Å². The average molecular weight is 475 g/mol. The Morgan fingerprint density at radius 3 is 2.53 bits per heavy atom. The molecule has 5 fully saturated rings. The van der Waals surface area contributed by atoms with Crippen molar-refractivity contribution in [3.8, 4) is 0 Å². The van der Waals surface area contributed by atoms with E-state index in [1.807, 2.05) is 0 Å². The van der Waals surface area contributed by atoms with E-state index in [1.54, 1.807) is 0 Å². The van der Waals surface area contributed by atoms with Gasteiger partial charge in [0.2, 0.25) is 0 Å². The van der Waals surface area contributed by atoms with Gasteiger partial charge in [-0.2, -0.15) is 0 Å². The van der Waals surface area contributed by atoms with Crippen LogP contribution in [-0.4, -0.2) is 32.1 Å². The maximum atomic E-state index is 11.7. The molecule has 1 aliphatic heterocycles. The van der Waals surface area contributed by atoms with Gasteiger partial charge in [-0.05, 0) is 130 Å². The SMILES string of the molecule is COC(=O)CC[C@@H](C)[C@H]1CC[C@H]2[C@@H]3CCC4C[C@H](OC5CCCCO5)CC[C@]4(C)[C@H]3CC[C@]12C. The quantitative estimate of drug-likeness (QED) is 0.303. The Labute approximate surface area is 208 Å². The third-order valence-corrected chi connectivity index (χ3v) is 11.9. The second kappa shape index (κ2) is 10.0. The van der Waals surface area contributed by atoms with E-state index >= 15 is 0 Å². The van der Waals surface area contributed by atoms with Gasteiger partial charge < -0.3 is 14.2 Å². The smallest absolute Gasteiger partial charge is 0.305 e. The van der Waals surface area contributed by atoms with Crippen LogP contribution < -0.4 is 0 Å². The highest BCUT2D eigenvalue weighted by Gasteiger charge is 2.60. The summed E-state index contributed by atoms with van der Waals surface area (Å²) in [4.78, 5) is 11.7. The van der Waals surface area contributed by atoms with Crippen LogP contribution in [0.1, 0.15) is 111 Å². The first kappa shape index (κ1) is 25.1. The third kappa shape index (κ3) is 4.49. The van der Waals surface area contributed by atoms with E-state index in [0.717, 1.165) is 49.0 Å². The number of methoxy groups -OCH3 is 1. The molecular weight excluding hydrogens is 424 g/mol. The lowest BCUT2D eigenvalue weighted by atomic mass is 9.44. The maximum absolute atomic E-state index is 11.7. The molecule has 0 radical (unpaired) electrons. The van der Waals surface area contributed by atoms with E-state index in [9.17, 15) is 4.79 Å². The number of hydrogen-bond donors (Lipinski definition) is 0. The van der Waals surface area contributed by atoms with E-state index in [2.05, 4.69) is 20.8 Å². The van der Waals surface area contributed by atoms with Crippen LogP contribution >= 0.6 is 0 Å². The number of hydrogen-bond acceptors (Lipinski definition) is 4. The highest BCUT2D eigenvalue weighted by atomic mass is 16.7. The Hall–Kier alpha value is -0.610. The lowest BCUT2D eigenvalue weighted by Crippen LogP contribution is -2.54. The van der Waals surface area contributed by atoms with Gasteiger partial charge in [-0.3, -0.25) is 4.79 Å². The molecule has 34 heavy (non-hydrogen) atoms. The van der Waals surface area contributed by atoms with Gasteiger partial charge >= 0.3 is 5.97 Å². The van der Waals surface area contributed by atoms with Crippen molar-refractivity contribution in [1.82, 2.24) is 0 Å². The zero-order valence-corrected chi connectivity index (χ0v) is 22.4. The minimum Gasteiger partial charge on any atom is -0.469 e. The van der Waals surface area contributed by atoms with Gasteiger partial charge in [0.15, 0.2) is 6.29 Å². The molecule has 1 heterocycles. The molecule has 4 aliphatic carbocycles. The zero-order valence-electron chi connectivity index (χ0n) is 22.4. The molecule has 0 aromatic heterocycles. The normalized spacial score (nSPS) is 47.2. The summed E-state index contributed by atoms with van der Waals surface area (Å²) in [5.41, 5.74) is 0.977. The third-order valence-electron chi connectivity index (χ3n) is 11.9. The van der Waals surface area contributed by atoms with Crippen molar-refractivity contribution in [3.63, 3.8) is 0 Å². The summed E-state index contributed by atoms with van der Waals surface area (Å²) >= 11 is 0. The van der Waals surface area contributed by atoms with Crippen molar-refractivity contribution in [2.45, 2.75) is 123 Å². The number of carbonyl (C=O) groups excluding carboxylic acids is 1. The molecular formula is C30H50O4. The molecule has 2 unspecified atom stereocenters. The molecule has 0 spiro atoms. The lowest BCUT2D eigenvalue weighted by molar-refractivity contribution is -0.212. The summed E-state index contributed by atoms with van der Waals surface area (Å²) in [6.45, 7) is 8.58. The van der Waals surface area contributed by atoms with Crippen LogP contribution in [0.2, 0.25) is 0 Å². The zero-order chi connectivity index (χ0) is 23.9. The van der Waals surface area contributed by atoms with Crippen LogP contribution in [0.15, 0.2) is 0 Å². The van der Waals surface area contributed by atoms with Gasteiger partial charge in [0.1, 0.15) is 0 Å². The summed E-state index contributed by atoms with van der Waals surface area (Å²) in [7, 11) is 1.52. The minimum atomic E-state index is -0.0452. The van der Waals surface area contributed by atoms with Crippen LogP contribution in [0.3, 0.4) is 0 Å². The maximum Gasteiger partial charge on any atom is 0.305 e. The van der Waals surface area contributed by atoms with E-state index in [0.29, 0.717) is 29.3 Å². The van der Waals surface area contributed by atoms with Gasteiger partial charge in [0.25, 0.3) is 0 Å². The van der Waals surface area contributed by atoms with E-state index in [-0.39, 0.29) is 12.3 Å². The molecule has 5 rings (SSSR count). The summed E-state index contributed by atoms with van der Waals surface area (Å²) in [5, 5.41) is 0. The Balaban J connectivity index is 1.22. The van der Waals surface area contributed by atoms with Crippen molar-refractivity contribution in [1.29, 1.82) is 0 Å². The largest absolute Gasteiger partial charge is 0.469 e. The molecule has 10 atom stereocenters. The summed E-state index contributed by atoms with van der Waals surface area (Å²) in [6, 6.07) is 0. The Morgan fingerprint density at radius 2 is 1.76 bits per heavy atom. The van der Waals surface area contributed by atoms with Gasteiger partial charge in [0.05, 0.1) is 13.2 Å². The highest BCUT2D eigenvalue weighted by Crippen LogP contribution is 2.68. The molecule has 0 amide bonds. The predicted octanol–water partition coefficient (Wildman–Crippen LogP) is 7.15. The number of ether oxygens (including phenoxy) is 3. The number of rotatable bonds is 6. The summed E-state index contributed by atoms with van der Waals surface area (Å²) in [6.07, 6.45) is 17.8. The first-order valence-corrected chi connectivity index (χ1v) is 14.7. The van der Waals surface area contributed by atoms with Crippen molar-refractivity contribution in [3.05, 3.63) is 0 Å². The fraction of sp³-hybridized carbons (Fsp3) is 0.967. The molecule has 0 aromatic rings. The Morgan fingerprint density at radius 1 is 0.971 bits per heavy atom. The molecule has 5 aliphatic rings. The molecule has 4 nitrogen and oxygen atoms in total. The van der Waals surface area contributed by atoms with Gasteiger partial charge in [-0.25, -0.2) is 0 Å². The fourth-order valence-corrected chi connectivity index (χ4v) is 10.00. The molecule has 1 saturated heterocycles. The topological polar surface area (TPSA) is 44.8 Å².